The van der Waals surface area contributed by atoms with Gasteiger partial charge in [-0.1, -0.05) is 0 Å². The number of halogens is 1. The predicted molar refractivity (Wildman–Crippen MR) is 53.0 cm³/mol. The lowest BCUT2D eigenvalue weighted by atomic mass is 9.92. The Kier molecular flexibility index (Phi) is 2.00. The number of rotatable bonds is 0. The van der Waals surface area contributed by atoms with Crippen LogP contribution in [-0.4, -0.2) is 4.57 Å². The van der Waals surface area contributed by atoms with Gasteiger partial charge in [0.05, 0.1) is 4.60 Å². The Labute approximate surface area is 80.9 Å². The first-order valence-electron chi connectivity index (χ1n) is 4.29. The van der Waals surface area contributed by atoms with Crippen molar-refractivity contribution in [3.8, 4) is 0 Å². The van der Waals surface area contributed by atoms with Crippen LogP contribution in [0, 0.1) is 0 Å². The lowest BCUT2D eigenvalue weighted by molar-refractivity contribution is 0.573. The summed E-state index contributed by atoms with van der Waals surface area (Å²) >= 11 is 3.57. The molecule has 1 aliphatic carbocycles. The SMILES string of the molecule is Cn1cc2c(c1Br)CCCC2N. The van der Waals surface area contributed by atoms with E-state index in [1.165, 1.54) is 28.6 Å². The molecule has 66 valence electrons. The van der Waals surface area contributed by atoms with Crippen LogP contribution >= 0.6 is 15.9 Å². The fraction of sp³-hybridized carbons (Fsp3) is 0.556. The van der Waals surface area contributed by atoms with E-state index in [1.807, 2.05) is 0 Å². The molecule has 0 fully saturated rings. The number of aryl methyl sites for hydroxylation is 1. The quantitative estimate of drug-likeness (QED) is 0.725. The van der Waals surface area contributed by atoms with Crippen molar-refractivity contribution in [1.29, 1.82) is 0 Å². The minimum atomic E-state index is 0.256. The van der Waals surface area contributed by atoms with E-state index in [1.54, 1.807) is 0 Å². The third-order valence-corrected chi connectivity index (χ3v) is 3.62. The molecule has 1 aromatic heterocycles. The molecule has 0 aliphatic heterocycles. The highest BCUT2D eigenvalue weighted by molar-refractivity contribution is 9.10. The van der Waals surface area contributed by atoms with E-state index in [0.717, 1.165) is 6.42 Å². The van der Waals surface area contributed by atoms with E-state index in [4.69, 9.17) is 5.73 Å². The van der Waals surface area contributed by atoms with Gasteiger partial charge in [0, 0.05) is 19.3 Å². The van der Waals surface area contributed by atoms with Crippen molar-refractivity contribution >= 4 is 15.9 Å². The molecule has 2 N–H and O–H groups in total. The minimum Gasteiger partial charge on any atom is -0.345 e. The van der Waals surface area contributed by atoms with Crippen molar-refractivity contribution in [2.45, 2.75) is 25.3 Å². The molecule has 0 aromatic carbocycles. The normalized spacial score (nSPS) is 22.4. The van der Waals surface area contributed by atoms with Gasteiger partial charge in [0.2, 0.25) is 0 Å². The fourth-order valence-corrected chi connectivity index (χ4v) is 2.43. The summed E-state index contributed by atoms with van der Waals surface area (Å²) in [6, 6.07) is 0.256. The zero-order valence-corrected chi connectivity index (χ0v) is 8.76. The van der Waals surface area contributed by atoms with Gasteiger partial charge in [0.25, 0.3) is 0 Å². The molecule has 0 saturated carbocycles. The topological polar surface area (TPSA) is 30.9 Å². The zero-order chi connectivity index (χ0) is 8.72. The molecular formula is C9H13BrN2. The summed E-state index contributed by atoms with van der Waals surface area (Å²) in [7, 11) is 2.05. The maximum absolute atomic E-state index is 5.99. The van der Waals surface area contributed by atoms with Crippen molar-refractivity contribution in [2.75, 3.05) is 0 Å². The van der Waals surface area contributed by atoms with Crippen LogP contribution in [0.15, 0.2) is 10.8 Å². The number of nitrogens with two attached hydrogens (primary N) is 1. The second kappa shape index (κ2) is 2.89. The zero-order valence-electron chi connectivity index (χ0n) is 7.18. The Morgan fingerprint density at radius 2 is 2.42 bits per heavy atom. The molecule has 1 atom stereocenters. The van der Waals surface area contributed by atoms with Crippen molar-refractivity contribution in [1.82, 2.24) is 4.57 Å². The van der Waals surface area contributed by atoms with Crippen molar-refractivity contribution in [2.24, 2.45) is 12.8 Å². The molecule has 0 radical (unpaired) electrons. The van der Waals surface area contributed by atoms with Gasteiger partial charge >= 0.3 is 0 Å². The maximum atomic E-state index is 5.99. The molecule has 0 saturated heterocycles. The van der Waals surface area contributed by atoms with Crippen LogP contribution < -0.4 is 5.73 Å². The summed E-state index contributed by atoms with van der Waals surface area (Å²) in [5, 5.41) is 0. The van der Waals surface area contributed by atoms with Gasteiger partial charge in [-0.3, -0.25) is 0 Å². The molecule has 3 heteroatoms. The molecule has 1 aromatic rings. The molecule has 1 heterocycles. The highest BCUT2D eigenvalue weighted by Crippen LogP contribution is 2.33. The first-order chi connectivity index (χ1) is 5.70. The average molecular weight is 229 g/mol. The van der Waals surface area contributed by atoms with E-state index in [9.17, 15) is 0 Å². The van der Waals surface area contributed by atoms with Gasteiger partial charge in [0.1, 0.15) is 0 Å². The Bertz CT molecular complexity index is 304. The van der Waals surface area contributed by atoms with Crippen LogP contribution in [0.3, 0.4) is 0 Å². The fourth-order valence-electron chi connectivity index (χ4n) is 1.90. The molecule has 0 bridgehead atoms. The maximum Gasteiger partial charge on any atom is 0.0879 e. The van der Waals surface area contributed by atoms with Crippen LogP contribution in [0.4, 0.5) is 0 Å². The Morgan fingerprint density at radius 3 is 3.08 bits per heavy atom. The number of aromatic nitrogens is 1. The predicted octanol–water partition coefficient (Wildman–Crippen LogP) is 2.12. The van der Waals surface area contributed by atoms with E-state index in [0.29, 0.717) is 0 Å². The Balaban J connectivity index is 2.52. The van der Waals surface area contributed by atoms with Gasteiger partial charge in [-0.05, 0) is 46.3 Å². The second-order valence-electron chi connectivity index (χ2n) is 3.46. The molecular weight excluding hydrogens is 216 g/mol. The molecule has 0 spiro atoms. The number of fused-ring (bicyclic) bond motifs is 1. The van der Waals surface area contributed by atoms with E-state index >= 15 is 0 Å². The second-order valence-corrected chi connectivity index (χ2v) is 4.21. The van der Waals surface area contributed by atoms with Crippen LogP contribution in [0.2, 0.25) is 0 Å². The monoisotopic (exact) mass is 228 g/mol. The minimum absolute atomic E-state index is 0.256. The Morgan fingerprint density at radius 1 is 1.67 bits per heavy atom. The smallest absolute Gasteiger partial charge is 0.0879 e. The van der Waals surface area contributed by atoms with E-state index < -0.39 is 0 Å². The number of hydrogen-bond donors (Lipinski definition) is 1. The Hall–Kier alpha value is -0.280. The summed E-state index contributed by atoms with van der Waals surface area (Å²) in [6.07, 6.45) is 5.66. The first kappa shape index (κ1) is 8.32. The number of hydrogen-bond acceptors (Lipinski definition) is 1. The average Bonchev–Trinajstić information content (AvgIpc) is 2.32. The number of nitrogens with zero attached hydrogens (tertiary/aromatic N) is 1. The summed E-state index contributed by atoms with van der Waals surface area (Å²) in [5.41, 5.74) is 8.74. The first-order valence-corrected chi connectivity index (χ1v) is 5.08. The molecule has 2 nitrogen and oxygen atoms in total. The van der Waals surface area contributed by atoms with E-state index in [-0.39, 0.29) is 6.04 Å². The van der Waals surface area contributed by atoms with Gasteiger partial charge in [0.15, 0.2) is 0 Å². The standard InChI is InChI=1S/C9H13BrN2/c1-12-5-7-6(9(12)10)3-2-4-8(7)11/h5,8H,2-4,11H2,1H3. The van der Waals surface area contributed by atoms with Crippen LogP contribution in [0.1, 0.15) is 30.0 Å². The molecule has 2 rings (SSSR count). The largest absolute Gasteiger partial charge is 0.345 e. The van der Waals surface area contributed by atoms with Gasteiger partial charge in [-0.2, -0.15) is 0 Å². The van der Waals surface area contributed by atoms with Crippen molar-refractivity contribution in [3.63, 3.8) is 0 Å². The molecule has 1 unspecified atom stereocenters. The van der Waals surface area contributed by atoms with Gasteiger partial charge in [-0.25, -0.2) is 0 Å². The van der Waals surface area contributed by atoms with Crippen LogP contribution in [0.5, 0.6) is 0 Å². The van der Waals surface area contributed by atoms with Crippen LogP contribution in [0.25, 0.3) is 0 Å². The third-order valence-electron chi connectivity index (χ3n) is 2.58. The van der Waals surface area contributed by atoms with Crippen molar-refractivity contribution < 1.29 is 0 Å². The molecule has 1 aliphatic rings. The highest BCUT2D eigenvalue weighted by Gasteiger charge is 2.21. The van der Waals surface area contributed by atoms with E-state index in [2.05, 4.69) is 33.7 Å². The van der Waals surface area contributed by atoms with Crippen LogP contribution in [-0.2, 0) is 13.5 Å². The highest BCUT2D eigenvalue weighted by atomic mass is 79.9. The lowest BCUT2D eigenvalue weighted by Gasteiger charge is -2.18. The van der Waals surface area contributed by atoms with Gasteiger partial charge < -0.3 is 10.3 Å². The lowest BCUT2D eigenvalue weighted by Crippen LogP contribution is -2.15. The summed E-state index contributed by atoms with van der Waals surface area (Å²) in [6.45, 7) is 0. The molecule has 12 heavy (non-hydrogen) atoms. The third kappa shape index (κ3) is 1.12. The summed E-state index contributed by atoms with van der Waals surface area (Å²) in [4.78, 5) is 0. The summed E-state index contributed by atoms with van der Waals surface area (Å²) in [5.74, 6) is 0. The summed E-state index contributed by atoms with van der Waals surface area (Å²) < 4.78 is 3.31. The molecule has 0 amide bonds. The van der Waals surface area contributed by atoms with Gasteiger partial charge in [-0.15, -0.1) is 0 Å². The van der Waals surface area contributed by atoms with Crippen molar-refractivity contribution in [3.05, 3.63) is 21.9 Å².